The Bertz CT molecular complexity index is 934. The second kappa shape index (κ2) is 6.08. The number of benzene rings is 2. The SMILES string of the molecule is O=C1N(C2Cc3ccccc3C2)C[C@@H]2C[C@@H](c3cccc(Cl)c3)N3CCC[C@@]123. The van der Waals surface area contributed by atoms with Gasteiger partial charge in [-0.1, -0.05) is 48.0 Å². The van der Waals surface area contributed by atoms with Crippen LogP contribution < -0.4 is 0 Å². The normalized spacial score (nSPS) is 32.0. The number of nitrogens with zero attached hydrogens (tertiary/aromatic N) is 2. The lowest BCUT2D eigenvalue weighted by molar-refractivity contribution is -0.138. The van der Waals surface area contributed by atoms with Gasteiger partial charge in [-0.05, 0) is 67.5 Å². The van der Waals surface area contributed by atoms with Gasteiger partial charge in [-0.15, -0.1) is 0 Å². The fourth-order valence-corrected chi connectivity index (χ4v) is 6.82. The fourth-order valence-electron chi connectivity index (χ4n) is 6.63. The summed E-state index contributed by atoms with van der Waals surface area (Å²) in [5, 5.41) is 0.791. The molecular formula is C24H25ClN2O. The predicted molar refractivity (Wildman–Crippen MR) is 110 cm³/mol. The minimum absolute atomic E-state index is 0.262. The molecule has 0 unspecified atom stereocenters. The molecular weight excluding hydrogens is 368 g/mol. The number of hydrogen-bond acceptors (Lipinski definition) is 2. The van der Waals surface area contributed by atoms with E-state index in [1.807, 2.05) is 12.1 Å². The summed E-state index contributed by atoms with van der Waals surface area (Å²) in [6, 6.07) is 17.6. The molecule has 1 spiro atoms. The summed E-state index contributed by atoms with van der Waals surface area (Å²) >= 11 is 6.27. The van der Waals surface area contributed by atoms with E-state index in [1.54, 1.807) is 0 Å². The largest absolute Gasteiger partial charge is 0.337 e. The molecule has 2 aromatic carbocycles. The van der Waals surface area contributed by atoms with Gasteiger partial charge in [0.1, 0.15) is 5.54 Å². The lowest BCUT2D eigenvalue weighted by atomic mass is 9.85. The number of hydrogen-bond donors (Lipinski definition) is 0. The van der Waals surface area contributed by atoms with Crippen LogP contribution in [0.3, 0.4) is 0 Å². The quantitative estimate of drug-likeness (QED) is 0.763. The Hall–Kier alpha value is -1.84. The lowest BCUT2D eigenvalue weighted by Crippen LogP contribution is -2.51. The summed E-state index contributed by atoms with van der Waals surface area (Å²) in [7, 11) is 0. The fraction of sp³-hybridized carbons (Fsp3) is 0.458. The van der Waals surface area contributed by atoms with E-state index >= 15 is 0 Å². The number of halogens is 1. The molecule has 144 valence electrons. The maximum atomic E-state index is 13.8. The van der Waals surface area contributed by atoms with Crippen molar-refractivity contribution in [1.29, 1.82) is 0 Å². The monoisotopic (exact) mass is 392 g/mol. The molecule has 1 aliphatic carbocycles. The molecule has 6 rings (SSSR count). The van der Waals surface area contributed by atoms with E-state index in [0.29, 0.717) is 23.9 Å². The Morgan fingerprint density at radius 1 is 1.04 bits per heavy atom. The van der Waals surface area contributed by atoms with Crippen LogP contribution in [0.4, 0.5) is 0 Å². The Morgan fingerprint density at radius 3 is 2.57 bits per heavy atom. The van der Waals surface area contributed by atoms with E-state index < -0.39 is 0 Å². The first kappa shape index (κ1) is 17.1. The van der Waals surface area contributed by atoms with Gasteiger partial charge in [0.2, 0.25) is 5.91 Å². The molecule has 0 N–H and O–H groups in total. The van der Waals surface area contributed by atoms with Crippen molar-refractivity contribution in [1.82, 2.24) is 9.80 Å². The number of carbonyl (C=O) groups excluding carboxylic acids is 1. The molecule has 2 aromatic rings. The zero-order chi connectivity index (χ0) is 18.9. The van der Waals surface area contributed by atoms with Crippen LogP contribution >= 0.6 is 11.6 Å². The summed E-state index contributed by atoms with van der Waals surface area (Å²) in [6.07, 6.45) is 5.24. The third-order valence-corrected chi connectivity index (χ3v) is 8.02. The second-order valence-electron chi connectivity index (χ2n) is 9.01. The van der Waals surface area contributed by atoms with Gasteiger partial charge in [0.05, 0.1) is 0 Å². The van der Waals surface area contributed by atoms with Crippen molar-refractivity contribution in [2.24, 2.45) is 5.92 Å². The zero-order valence-electron chi connectivity index (χ0n) is 16.0. The summed E-state index contributed by atoms with van der Waals surface area (Å²) < 4.78 is 0. The van der Waals surface area contributed by atoms with Crippen molar-refractivity contribution in [3.05, 3.63) is 70.2 Å². The maximum Gasteiger partial charge on any atom is 0.243 e. The molecule has 3 aliphatic heterocycles. The lowest BCUT2D eigenvalue weighted by Gasteiger charge is -2.35. The van der Waals surface area contributed by atoms with Gasteiger partial charge < -0.3 is 4.90 Å². The number of likely N-dealkylation sites (tertiary alicyclic amines) is 1. The standard InChI is InChI=1S/C24H25ClN2O/c25-20-8-3-7-18(11-20)22-14-19-15-26(23(28)24(19)9-4-10-27(22)24)21-12-16-5-1-2-6-17(16)13-21/h1-3,5-8,11,19,21-22H,4,9-10,12-15H2/t19-,22-,24-/m0/s1. The molecule has 3 fully saturated rings. The van der Waals surface area contributed by atoms with Crippen LogP contribution in [0.1, 0.15) is 42.0 Å². The number of amides is 1. The van der Waals surface area contributed by atoms with E-state index in [-0.39, 0.29) is 5.54 Å². The van der Waals surface area contributed by atoms with Crippen molar-refractivity contribution < 1.29 is 4.79 Å². The minimum atomic E-state index is -0.262. The van der Waals surface area contributed by atoms with Crippen molar-refractivity contribution in [3.8, 4) is 0 Å². The number of carbonyl (C=O) groups is 1. The van der Waals surface area contributed by atoms with Crippen LogP contribution in [-0.2, 0) is 17.6 Å². The highest BCUT2D eigenvalue weighted by atomic mass is 35.5. The average Bonchev–Trinajstić information content (AvgIpc) is 3.42. The van der Waals surface area contributed by atoms with Crippen molar-refractivity contribution in [3.63, 3.8) is 0 Å². The highest BCUT2D eigenvalue weighted by molar-refractivity contribution is 6.30. The topological polar surface area (TPSA) is 23.6 Å². The Labute approximate surface area is 171 Å². The van der Waals surface area contributed by atoms with Crippen molar-refractivity contribution >= 4 is 17.5 Å². The van der Waals surface area contributed by atoms with Crippen LogP contribution in [0.15, 0.2) is 48.5 Å². The van der Waals surface area contributed by atoms with Gasteiger partial charge in [-0.2, -0.15) is 0 Å². The first-order valence-corrected chi connectivity index (χ1v) is 10.9. The Morgan fingerprint density at radius 2 is 1.82 bits per heavy atom. The first-order valence-electron chi connectivity index (χ1n) is 10.6. The number of rotatable bonds is 2. The van der Waals surface area contributed by atoms with Crippen LogP contribution in [0.25, 0.3) is 0 Å². The van der Waals surface area contributed by atoms with Gasteiger partial charge in [0.25, 0.3) is 0 Å². The van der Waals surface area contributed by atoms with Gasteiger partial charge in [0, 0.05) is 29.6 Å². The average molecular weight is 393 g/mol. The molecule has 0 saturated carbocycles. The molecule has 3 heterocycles. The smallest absolute Gasteiger partial charge is 0.243 e. The zero-order valence-corrected chi connectivity index (χ0v) is 16.7. The molecule has 3 saturated heterocycles. The third kappa shape index (κ3) is 2.23. The highest BCUT2D eigenvalue weighted by Gasteiger charge is 2.65. The molecule has 4 heteroatoms. The molecule has 3 atom stereocenters. The molecule has 28 heavy (non-hydrogen) atoms. The molecule has 0 radical (unpaired) electrons. The summed E-state index contributed by atoms with van der Waals surface area (Å²) in [5.41, 5.74) is 3.86. The van der Waals surface area contributed by atoms with Gasteiger partial charge >= 0.3 is 0 Å². The molecule has 3 nitrogen and oxygen atoms in total. The molecule has 4 aliphatic rings. The molecule has 0 bridgehead atoms. The molecule has 1 amide bonds. The van der Waals surface area contributed by atoms with Crippen LogP contribution in [0, 0.1) is 5.92 Å². The van der Waals surface area contributed by atoms with E-state index in [1.165, 1.54) is 16.7 Å². The van der Waals surface area contributed by atoms with E-state index in [4.69, 9.17) is 11.6 Å². The van der Waals surface area contributed by atoms with Crippen LogP contribution in [0.2, 0.25) is 5.02 Å². The highest BCUT2D eigenvalue weighted by Crippen LogP contribution is 2.56. The number of fused-ring (bicyclic) bond motifs is 1. The second-order valence-corrected chi connectivity index (χ2v) is 9.45. The van der Waals surface area contributed by atoms with E-state index in [9.17, 15) is 4.79 Å². The minimum Gasteiger partial charge on any atom is -0.337 e. The van der Waals surface area contributed by atoms with Crippen LogP contribution in [0.5, 0.6) is 0 Å². The van der Waals surface area contributed by atoms with Gasteiger partial charge in [0.15, 0.2) is 0 Å². The van der Waals surface area contributed by atoms with E-state index in [2.05, 4.69) is 46.2 Å². The maximum absolute atomic E-state index is 13.8. The van der Waals surface area contributed by atoms with Crippen molar-refractivity contribution in [2.45, 2.75) is 49.7 Å². The third-order valence-electron chi connectivity index (χ3n) is 7.78. The van der Waals surface area contributed by atoms with Crippen LogP contribution in [-0.4, -0.2) is 40.4 Å². The molecule has 0 aromatic heterocycles. The Kier molecular flexibility index (Phi) is 3.70. The summed E-state index contributed by atoms with van der Waals surface area (Å²) in [4.78, 5) is 18.6. The summed E-state index contributed by atoms with van der Waals surface area (Å²) in [6.45, 7) is 1.95. The summed E-state index contributed by atoms with van der Waals surface area (Å²) in [5.74, 6) is 0.840. The first-order chi connectivity index (χ1) is 13.7. The Balaban J connectivity index is 1.30. The van der Waals surface area contributed by atoms with E-state index in [0.717, 1.165) is 50.2 Å². The predicted octanol–water partition coefficient (Wildman–Crippen LogP) is 4.25. The van der Waals surface area contributed by atoms with Crippen molar-refractivity contribution in [2.75, 3.05) is 13.1 Å². The van der Waals surface area contributed by atoms with Gasteiger partial charge in [-0.25, -0.2) is 0 Å². The van der Waals surface area contributed by atoms with Gasteiger partial charge in [-0.3, -0.25) is 9.69 Å².